The first-order chi connectivity index (χ1) is 19.4. The van der Waals surface area contributed by atoms with Crippen LogP contribution in [0.2, 0.25) is 0 Å². The molecule has 0 aliphatic rings. The zero-order valence-electron chi connectivity index (χ0n) is 22.0. The highest BCUT2D eigenvalue weighted by Crippen LogP contribution is 2.21. The summed E-state index contributed by atoms with van der Waals surface area (Å²) in [5.41, 5.74) is 3.76. The predicted octanol–water partition coefficient (Wildman–Crippen LogP) is 3.36. The zero-order valence-corrected chi connectivity index (χ0v) is 22.0. The van der Waals surface area contributed by atoms with Crippen LogP contribution in [0.5, 0.6) is 0 Å². The highest BCUT2D eigenvalue weighted by Gasteiger charge is 2.23. The van der Waals surface area contributed by atoms with E-state index in [1.54, 1.807) is 40.6 Å². The molecule has 0 aliphatic carbocycles. The van der Waals surface area contributed by atoms with Gasteiger partial charge in [-0.15, -0.1) is 0 Å². The number of carbonyl (C=O) groups excluding carboxylic acids is 1. The normalized spacial score (nSPS) is 11.8. The summed E-state index contributed by atoms with van der Waals surface area (Å²) in [7, 11) is 1.82. The maximum Gasteiger partial charge on any atom is 0.267 e. The molecule has 2 aromatic carbocycles. The van der Waals surface area contributed by atoms with Gasteiger partial charge in [0.25, 0.3) is 11.5 Å². The quantitative estimate of drug-likeness (QED) is 0.351. The number of carbonyl (C=O) groups is 1. The molecule has 1 atom stereocenters. The minimum Gasteiger partial charge on any atom is -0.342 e. The monoisotopic (exact) mass is 528 g/mol. The van der Waals surface area contributed by atoms with Gasteiger partial charge in [-0.1, -0.05) is 36.1 Å². The largest absolute Gasteiger partial charge is 0.342 e. The number of hydrogen-bond acceptors (Lipinski definition) is 6. The number of benzene rings is 2. The van der Waals surface area contributed by atoms with Gasteiger partial charge in [0.05, 0.1) is 40.6 Å². The molecule has 0 saturated carbocycles. The Morgan fingerprint density at radius 3 is 2.60 bits per heavy atom. The molecule has 0 spiro atoms. The van der Waals surface area contributed by atoms with Crippen LogP contribution in [0.25, 0.3) is 22.2 Å². The molecule has 1 N–H and O–H groups in total. The average molecular weight is 529 g/mol. The number of aryl methyl sites for hydroxylation is 2. The Bertz CT molecular complexity index is 2030. The number of para-hydroxylation sites is 1. The second kappa shape index (κ2) is 9.96. The summed E-state index contributed by atoms with van der Waals surface area (Å²) in [6.45, 7) is 3.68. The summed E-state index contributed by atoms with van der Waals surface area (Å²) in [6, 6.07) is 15.8. The number of nitrogens with zero attached hydrogens (tertiary/aromatic N) is 7. The van der Waals surface area contributed by atoms with E-state index in [1.807, 2.05) is 62.6 Å². The Morgan fingerprint density at radius 2 is 1.82 bits per heavy atom. The van der Waals surface area contributed by atoms with Crippen molar-refractivity contribution >= 4 is 22.5 Å². The Kier molecular flexibility index (Phi) is 6.16. The van der Waals surface area contributed by atoms with Gasteiger partial charge in [0.2, 0.25) is 0 Å². The SMILES string of the molecule is Cc1ccnc2c(C(=O)NC(C)c3nc4cccc(C#Cc5cnn(C)c5)c4c(=O)n3-c3ccccc3)cnn12. The first kappa shape index (κ1) is 24.8. The first-order valence-electron chi connectivity index (χ1n) is 12.6. The number of aromatic nitrogens is 7. The van der Waals surface area contributed by atoms with Crippen molar-refractivity contribution in [3.8, 4) is 17.5 Å². The summed E-state index contributed by atoms with van der Waals surface area (Å²) in [5.74, 6) is 6.21. The van der Waals surface area contributed by atoms with Gasteiger partial charge in [-0.05, 0) is 44.2 Å². The van der Waals surface area contributed by atoms with Gasteiger partial charge in [-0.3, -0.25) is 18.8 Å². The summed E-state index contributed by atoms with van der Waals surface area (Å²) in [6.07, 6.45) is 6.60. The van der Waals surface area contributed by atoms with Crippen molar-refractivity contribution in [1.82, 2.24) is 39.2 Å². The van der Waals surface area contributed by atoms with Crippen LogP contribution in [0.1, 0.15) is 46.0 Å². The van der Waals surface area contributed by atoms with Gasteiger partial charge in [0.1, 0.15) is 11.4 Å². The van der Waals surface area contributed by atoms with Gasteiger partial charge in [-0.25, -0.2) is 14.5 Å². The number of nitrogens with one attached hydrogen (secondary N) is 1. The second-order valence-electron chi connectivity index (χ2n) is 9.37. The van der Waals surface area contributed by atoms with Gasteiger partial charge in [0.15, 0.2) is 5.65 Å². The van der Waals surface area contributed by atoms with E-state index in [-0.39, 0.29) is 11.5 Å². The predicted molar refractivity (Wildman–Crippen MR) is 150 cm³/mol. The van der Waals surface area contributed by atoms with Crippen LogP contribution >= 0.6 is 0 Å². The van der Waals surface area contributed by atoms with Crippen molar-refractivity contribution in [2.45, 2.75) is 19.9 Å². The number of amides is 1. The summed E-state index contributed by atoms with van der Waals surface area (Å²) < 4.78 is 4.81. The van der Waals surface area contributed by atoms with E-state index in [9.17, 15) is 9.59 Å². The van der Waals surface area contributed by atoms with E-state index in [4.69, 9.17) is 4.98 Å². The van der Waals surface area contributed by atoms with E-state index in [2.05, 4.69) is 32.3 Å². The van der Waals surface area contributed by atoms with E-state index < -0.39 is 6.04 Å². The van der Waals surface area contributed by atoms with E-state index in [0.29, 0.717) is 39.2 Å². The number of hydrogen-bond donors (Lipinski definition) is 1. The third-order valence-electron chi connectivity index (χ3n) is 6.55. The Labute approximate surface area is 228 Å². The Morgan fingerprint density at radius 1 is 1.00 bits per heavy atom. The maximum absolute atomic E-state index is 14.1. The van der Waals surface area contributed by atoms with Crippen LogP contribution in [0.4, 0.5) is 0 Å². The molecule has 1 amide bonds. The van der Waals surface area contributed by atoms with Gasteiger partial charge >= 0.3 is 0 Å². The lowest BCUT2D eigenvalue weighted by Crippen LogP contribution is -2.33. The van der Waals surface area contributed by atoms with Crippen molar-refractivity contribution in [2.75, 3.05) is 0 Å². The molecule has 10 heteroatoms. The van der Waals surface area contributed by atoms with Gasteiger partial charge < -0.3 is 5.32 Å². The molecule has 4 heterocycles. The molecule has 0 saturated heterocycles. The lowest BCUT2D eigenvalue weighted by molar-refractivity contribution is 0.0939. The third kappa shape index (κ3) is 4.39. The van der Waals surface area contributed by atoms with Crippen LogP contribution in [-0.2, 0) is 7.05 Å². The molecule has 1 unspecified atom stereocenters. The molecular weight excluding hydrogens is 504 g/mol. The first-order valence-corrected chi connectivity index (χ1v) is 12.6. The van der Waals surface area contributed by atoms with E-state index >= 15 is 0 Å². The topological polar surface area (TPSA) is 112 Å². The minimum atomic E-state index is -0.630. The molecule has 10 nitrogen and oxygen atoms in total. The van der Waals surface area contributed by atoms with Crippen molar-refractivity contribution in [3.63, 3.8) is 0 Å². The van der Waals surface area contributed by atoms with Crippen LogP contribution < -0.4 is 10.9 Å². The van der Waals surface area contributed by atoms with Crippen LogP contribution in [0.3, 0.4) is 0 Å². The van der Waals surface area contributed by atoms with Gasteiger partial charge in [0, 0.05) is 30.7 Å². The number of fused-ring (bicyclic) bond motifs is 2. The molecular formula is C30H24N8O2. The second-order valence-corrected chi connectivity index (χ2v) is 9.37. The summed E-state index contributed by atoms with van der Waals surface area (Å²) in [5, 5.41) is 11.8. The number of rotatable bonds is 4. The van der Waals surface area contributed by atoms with E-state index in [0.717, 1.165) is 11.3 Å². The van der Waals surface area contributed by atoms with Crippen molar-refractivity contribution in [1.29, 1.82) is 0 Å². The van der Waals surface area contributed by atoms with Crippen molar-refractivity contribution in [2.24, 2.45) is 7.05 Å². The maximum atomic E-state index is 14.1. The third-order valence-corrected chi connectivity index (χ3v) is 6.55. The lowest BCUT2D eigenvalue weighted by Gasteiger charge is -2.20. The highest BCUT2D eigenvalue weighted by atomic mass is 16.2. The molecule has 0 bridgehead atoms. The minimum absolute atomic E-state index is 0.281. The highest BCUT2D eigenvalue weighted by molar-refractivity contribution is 5.99. The fourth-order valence-corrected chi connectivity index (χ4v) is 4.60. The molecule has 6 rings (SSSR count). The molecule has 40 heavy (non-hydrogen) atoms. The van der Waals surface area contributed by atoms with Crippen molar-refractivity contribution in [3.05, 3.63) is 118 Å². The van der Waals surface area contributed by atoms with Crippen LogP contribution in [0, 0.1) is 18.8 Å². The zero-order chi connectivity index (χ0) is 27.8. The molecule has 0 radical (unpaired) electrons. The molecule has 0 fully saturated rings. The average Bonchev–Trinajstić information content (AvgIpc) is 3.59. The van der Waals surface area contributed by atoms with Crippen molar-refractivity contribution < 1.29 is 4.79 Å². The van der Waals surface area contributed by atoms with E-state index in [1.165, 1.54) is 10.8 Å². The molecule has 4 aromatic heterocycles. The van der Waals surface area contributed by atoms with Crippen LogP contribution in [0.15, 0.2) is 84.2 Å². The fraction of sp³-hybridized carbons (Fsp3) is 0.133. The summed E-state index contributed by atoms with van der Waals surface area (Å²) >= 11 is 0. The molecule has 0 aliphatic heterocycles. The Hall–Kier alpha value is -5.56. The Balaban J connectivity index is 1.46. The fourth-order valence-electron chi connectivity index (χ4n) is 4.60. The smallest absolute Gasteiger partial charge is 0.267 e. The molecule has 196 valence electrons. The summed E-state index contributed by atoms with van der Waals surface area (Å²) in [4.78, 5) is 36.7. The van der Waals surface area contributed by atoms with Crippen LogP contribution in [-0.4, -0.2) is 39.8 Å². The molecule has 6 aromatic rings. The standard InChI is InChI=1S/C30H24N8O2/c1-19-14-15-31-28-24(17-33-38(19)28)29(39)34-20(2)27-35-25-11-7-8-22(13-12-21-16-32-36(3)18-21)26(25)30(40)37(27)23-9-5-4-6-10-23/h4-11,14-18,20H,1-3H3,(H,34,39). The van der Waals surface area contributed by atoms with Gasteiger partial charge in [-0.2, -0.15) is 10.2 Å². The lowest BCUT2D eigenvalue weighted by atomic mass is 10.1.